The van der Waals surface area contributed by atoms with Gasteiger partial charge < -0.3 is 14.7 Å². The van der Waals surface area contributed by atoms with Crippen molar-refractivity contribution in [3.63, 3.8) is 0 Å². The number of aliphatic hydroxyl groups is 1. The molecule has 0 aromatic rings. The van der Waals surface area contributed by atoms with Gasteiger partial charge in [0, 0.05) is 7.05 Å². The Morgan fingerprint density at radius 2 is 2.27 bits per heavy atom. The number of carbonyl (C=O) groups excluding carboxylic acids is 1. The van der Waals surface area contributed by atoms with Crippen molar-refractivity contribution in [3.8, 4) is 0 Å². The molecule has 1 heterocycles. The zero-order valence-electron chi connectivity index (χ0n) is 7.00. The van der Waals surface area contributed by atoms with Crippen LogP contribution in [0.15, 0.2) is 0 Å². The quantitative estimate of drug-likeness (QED) is 0.595. The van der Waals surface area contributed by atoms with E-state index in [0.717, 1.165) is 0 Å². The van der Waals surface area contributed by atoms with E-state index in [1.54, 1.807) is 20.9 Å². The third-order valence-electron chi connectivity index (χ3n) is 1.78. The predicted octanol–water partition coefficient (Wildman–Crippen LogP) is 0.208. The zero-order valence-corrected chi connectivity index (χ0v) is 7.00. The number of likely N-dealkylation sites (N-methyl/N-ethyl adjacent to an activating group) is 1. The van der Waals surface area contributed by atoms with Crippen LogP contribution in [-0.4, -0.2) is 41.4 Å². The highest BCUT2D eigenvalue weighted by atomic mass is 16.6. The fraction of sp³-hybridized carbons (Fsp3) is 0.857. The molecule has 1 saturated heterocycles. The van der Waals surface area contributed by atoms with Gasteiger partial charge in [0.2, 0.25) is 0 Å². The standard InChI is InChI=1S/C7H13NO3/c1-7(2,10)5-4-8(3)6(9)11-5/h5,10H,4H2,1-3H3. The normalized spacial score (nSPS) is 25.6. The molecule has 0 aromatic heterocycles. The van der Waals surface area contributed by atoms with Gasteiger partial charge in [-0.05, 0) is 13.8 Å². The van der Waals surface area contributed by atoms with Crippen LogP contribution < -0.4 is 0 Å². The molecule has 0 spiro atoms. The van der Waals surface area contributed by atoms with Crippen molar-refractivity contribution in [2.75, 3.05) is 13.6 Å². The molecule has 1 atom stereocenters. The molecule has 1 aliphatic rings. The molecule has 0 saturated carbocycles. The van der Waals surface area contributed by atoms with Crippen LogP contribution >= 0.6 is 0 Å². The summed E-state index contributed by atoms with van der Waals surface area (Å²) >= 11 is 0. The Hall–Kier alpha value is -0.770. The minimum absolute atomic E-state index is 0.364. The predicted molar refractivity (Wildman–Crippen MR) is 39.2 cm³/mol. The monoisotopic (exact) mass is 159 g/mol. The molecular weight excluding hydrogens is 146 g/mol. The first-order valence-corrected chi connectivity index (χ1v) is 3.55. The number of amides is 1. The molecule has 1 amide bonds. The second kappa shape index (κ2) is 2.37. The van der Waals surface area contributed by atoms with Crippen LogP contribution in [0.2, 0.25) is 0 Å². The van der Waals surface area contributed by atoms with Gasteiger partial charge in [-0.1, -0.05) is 0 Å². The first-order valence-electron chi connectivity index (χ1n) is 3.55. The van der Waals surface area contributed by atoms with E-state index in [1.807, 2.05) is 0 Å². The number of carbonyl (C=O) groups is 1. The topological polar surface area (TPSA) is 49.8 Å². The smallest absolute Gasteiger partial charge is 0.410 e. The van der Waals surface area contributed by atoms with E-state index in [2.05, 4.69) is 0 Å². The van der Waals surface area contributed by atoms with Crippen LogP contribution in [0.25, 0.3) is 0 Å². The first kappa shape index (κ1) is 8.33. The summed E-state index contributed by atoms with van der Waals surface area (Å²) in [6.07, 6.45) is -0.767. The van der Waals surface area contributed by atoms with Gasteiger partial charge in [0.15, 0.2) is 0 Å². The molecule has 0 radical (unpaired) electrons. The Morgan fingerprint density at radius 3 is 2.45 bits per heavy atom. The third kappa shape index (κ3) is 1.63. The third-order valence-corrected chi connectivity index (χ3v) is 1.78. The second-order valence-electron chi connectivity index (χ2n) is 3.41. The molecule has 0 aromatic carbocycles. The largest absolute Gasteiger partial charge is 0.441 e. The summed E-state index contributed by atoms with van der Waals surface area (Å²) in [4.78, 5) is 12.3. The second-order valence-corrected chi connectivity index (χ2v) is 3.41. The van der Waals surface area contributed by atoms with E-state index in [0.29, 0.717) is 6.54 Å². The van der Waals surface area contributed by atoms with Crippen molar-refractivity contribution in [3.05, 3.63) is 0 Å². The molecule has 1 unspecified atom stereocenters. The minimum atomic E-state index is -0.944. The number of ether oxygens (including phenoxy) is 1. The van der Waals surface area contributed by atoms with E-state index in [4.69, 9.17) is 4.74 Å². The minimum Gasteiger partial charge on any atom is -0.441 e. The SMILES string of the molecule is CN1CC(C(C)(C)O)OC1=O. The number of rotatable bonds is 1. The summed E-state index contributed by atoms with van der Waals surface area (Å²) in [6, 6.07) is 0. The van der Waals surface area contributed by atoms with Gasteiger partial charge in [0.1, 0.15) is 6.10 Å². The highest BCUT2D eigenvalue weighted by molar-refractivity contribution is 5.69. The molecule has 0 aliphatic carbocycles. The molecule has 1 rings (SSSR count). The summed E-state index contributed by atoms with van der Waals surface area (Å²) in [6.45, 7) is 3.72. The Labute approximate surface area is 65.8 Å². The van der Waals surface area contributed by atoms with Gasteiger partial charge >= 0.3 is 6.09 Å². The molecule has 1 N–H and O–H groups in total. The van der Waals surface area contributed by atoms with Gasteiger partial charge in [-0.3, -0.25) is 0 Å². The fourth-order valence-corrected chi connectivity index (χ4v) is 0.940. The van der Waals surface area contributed by atoms with Crippen molar-refractivity contribution in [2.24, 2.45) is 0 Å². The van der Waals surface area contributed by atoms with Crippen LogP contribution in [0.3, 0.4) is 0 Å². The molecule has 64 valence electrons. The van der Waals surface area contributed by atoms with Crippen LogP contribution in [0.5, 0.6) is 0 Å². The van der Waals surface area contributed by atoms with Crippen molar-refractivity contribution in [1.82, 2.24) is 4.90 Å². The van der Waals surface area contributed by atoms with Crippen LogP contribution in [0.4, 0.5) is 4.79 Å². The lowest BCUT2D eigenvalue weighted by Crippen LogP contribution is -2.38. The maximum atomic E-state index is 10.8. The van der Waals surface area contributed by atoms with E-state index in [-0.39, 0.29) is 6.09 Å². The summed E-state index contributed by atoms with van der Waals surface area (Å²) in [5.41, 5.74) is -0.944. The lowest BCUT2D eigenvalue weighted by atomic mass is 10.0. The van der Waals surface area contributed by atoms with Crippen molar-refractivity contribution in [1.29, 1.82) is 0 Å². The van der Waals surface area contributed by atoms with E-state index in [9.17, 15) is 9.90 Å². The number of nitrogens with zero attached hydrogens (tertiary/aromatic N) is 1. The lowest BCUT2D eigenvalue weighted by Gasteiger charge is -2.22. The van der Waals surface area contributed by atoms with Crippen LogP contribution in [0, 0.1) is 0 Å². The number of cyclic esters (lactones) is 1. The van der Waals surface area contributed by atoms with E-state index >= 15 is 0 Å². The molecule has 4 heteroatoms. The van der Waals surface area contributed by atoms with Crippen LogP contribution in [0.1, 0.15) is 13.8 Å². The summed E-state index contributed by atoms with van der Waals surface area (Å²) < 4.78 is 4.88. The average molecular weight is 159 g/mol. The highest BCUT2D eigenvalue weighted by Crippen LogP contribution is 2.19. The Balaban J connectivity index is 2.61. The summed E-state index contributed by atoms with van der Waals surface area (Å²) in [7, 11) is 1.65. The summed E-state index contributed by atoms with van der Waals surface area (Å²) in [5.74, 6) is 0. The van der Waals surface area contributed by atoms with Gasteiger partial charge in [0.25, 0.3) is 0 Å². The van der Waals surface area contributed by atoms with Crippen molar-refractivity contribution in [2.45, 2.75) is 25.6 Å². The Bertz CT molecular complexity index is 173. The highest BCUT2D eigenvalue weighted by Gasteiger charge is 2.38. The summed E-state index contributed by atoms with van der Waals surface area (Å²) in [5, 5.41) is 9.45. The fourth-order valence-electron chi connectivity index (χ4n) is 0.940. The lowest BCUT2D eigenvalue weighted by molar-refractivity contribution is -0.0323. The number of hydrogen-bond acceptors (Lipinski definition) is 3. The van der Waals surface area contributed by atoms with Gasteiger partial charge in [0.05, 0.1) is 12.1 Å². The molecule has 1 fully saturated rings. The van der Waals surface area contributed by atoms with Crippen molar-refractivity contribution >= 4 is 6.09 Å². The van der Waals surface area contributed by atoms with Crippen LogP contribution in [-0.2, 0) is 4.74 Å². The van der Waals surface area contributed by atoms with E-state index in [1.165, 1.54) is 4.90 Å². The van der Waals surface area contributed by atoms with Gasteiger partial charge in [-0.25, -0.2) is 4.79 Å². The van der Waals surface area contributed by atoms with E-state index < -0.39 is 11.7 Å². The van der Waals surface area contributed by atoms with Crippen molar-refractivity contribution < 1.29 is 14.6 Å². The maximum absolute atomic E-state index is 10.8. The van der Waals surface area contributed by atoms with Gasteiger partial charge in [-0.15, -0.1) is 0 Å². The molecular formula is C7H13NO3. The van der Waals surface area contributed by atoms with Gasteiger partial charge in [-0.2, -0.15) is 0 Å². The first-order chi connectivity index (χ1) is 4.91. The maximum Gasteiger partial charge on any atom is 0.410 e. The Kier molecular flexibility index (Phi) is 1.80. The average Bonchev–Trinajstić information content (AvgIpc) is 2.11. The zero-order chi connectivity index (χ0) is 8.65. The number of hydrogen-bond donors (Lipinski definition) is 1. The molecule has 4 nitrogen and oxygen atoms in total. The molecule has 1 aliphatic heterocycles. The molecule has 0 bridgehead atoms. The Morgan fingerprint density at radius 1 is 1.73 bits per heavy atom. The molecule has 11 heavy (non-hydrogen) atoms.